The van der Waals surface area contributed by atoms with Gasteiger partial charge in [-0.3, -0.25) is 4.79 Å². The Balaban J connectivity index is 1.55. The number of amides is 1. The molecular formula is C15H16ClN3O2S. The molecule has 0 bridgehead atoms. The summed E-state index contributed by atoms with van der Waals surface area (Å²) in [6.07, 6.45) is 2.48. The smallest absolute Gasteiger partial charge is 0.240 e. The Morgan fingerprint density at radius 3 is 2.95 bits per heavy atom. The molecule has 1 amide bonds. The highest BCUT2D eigenvalue weighted by atomic mass is 35.5. The van der Waals surface area contributed by atoms with Crippen LogP contribution in [0.3, 0.4) is 0 Å². The number of thiazole rings is 1. The largest absolute Gasteiger partial charge is 0.372 e. The number of benzene rings is 1. The summed E-state index contributed by atoms with van der Waals surface area (Å²) in [6, 6.07) is 7.74. The molecule has 2 N–H and O–H groups in total. The fourth-order valence-electron chi connectivity index (χ4n) is 2.45. The first kappa shape index (κ1) is 15.4. The van der Waals surface area contributed by atoms with Crippen molar-refractivity contribution in [3.63, 3.8) is 0 Å². The van der Waals surface area contributed by atoms with Crippen molar-refractivity contribution in [3.8, 4) is 0 Å². The van der Waals surface area contributed by atoms with E-state index in [1.807, 2.05) is 29.6 Å². The summed E-state index contributed by atoms with van der Waals surface area (Å²) in [5, 5.41) is 9.16. The Morgan fingerprint density at radius 1 is 1.41 bits per heavy atom. The zero-order chi connectivity index (χ0) is 15.4. The van der Waals surface area contributed by atoms with Crippen LogP contribution in [0.2, 0.25) is 5.02 Å². The summed E-state index contributed by atoms with van der Waals surface area (Å²) in [7, 11) is 0. The van der Waals surface area contributed by atoms with Crippen LogP contribution in [-0.2, 0) is 9.53 Å². The van der Waals surface area contributed by atoms with E-state index in [-0.39, 0.29) is 24.6 Å². The standard InChI is InChI=1S/C15H16ClN3O2S/c16-11-3-1-10(2-4-11)14-12(5-7-21-14)18-9-13(20)19-15-17-6-8-22-15/h1-4,6,8,12,14,18H,5,7,9H2,(H,17,19,20). The second-order valence-electron chi connectivity index (χ2n) is 5.00. The number of nitrogens with one attached hydrogen (secondary N) is 2. The number of carbonyl (C=O) groups excluding carboxylic acids is 1. The fourth-order valence-corrected chi connectivity index (χ4v) is 3.12. The van der Waals surface area contributed by atoms with Crippen LogP contribution in [0.4, 0.5) is 5.13 Å². The van der Waals surface area contributed by atoms with Crippen LogP contribution in [0, 0.1) is 0 Å². The molecule has 1 aromatic carbocycles. The average molecular weight is 338 g/mol. The van der Waals surface area contributed by atoms with Crippen molar-refractivity contribution >= 4 is 34.0 Å². The number of rotatable bonds is 5. The molecule has 1 saturated heterocycles. The van der Waals surface area contributed by atoms with Crippen LogP contribution >= 0.6 is 22.9 Å². The van der Waals surface area contributed by atoms with E-state index in [1.54, 1.807) is 6.20 Å². The number of anilines is 1. The molecular weight excluding hydrogens is 322 g/mol. The van der Waals surface area contributed by atoms with Crippen molar-refractivity contribution < 1.29 is 9.53 Å². The average Bonchev–Trinajstić information content (AvgIpc) is 3.17. The van der Waals surface area contributed by atoms with Gasteiger partial charge in [0.15, 0.2) is 5.13 Å². The van der Waals surface area contributed by atoms with Gasteiger partial charge in [-0.2, -0.15) is 0 Å². The van der Waals surface area contributed by atoms with E-state index in [4.69, 9.17) is 16.3 Å². The summed E-state index contributed by atoms with van der Waals surface area (Å²) in [6.45, 7) is 0.913. The van der Waals surface area contributed by atoms with Crippen LogP contribution in [-0.4, -0.2) is 30.1 Å². The molecule has 0 saturated carbocycles. The molecule has 22 heavy (non-hydrogen) atoms. The van der Waals surface area contributed by atoms with E-state index in [9.17, 15) is 4.79 Å². The highest BCUT2D eigenvalue weighted by molar-refractivity contribution is 7.13. The normalized spacial score (nSPS) is 21.0. The van der Waals surface area contributed by atoms with Gasteiger partial charge < -0.3 is 15.4 Å². The van der Waals surface area contributed by atoms with Gasteiger partial charge in [-0.05, 0) is 24.1 Å². The quantitative estimate of drug-likeness (QED) is 0.880. The lowest BCUT2D eigenvalue weighted by atomic mass is 10.0. The maximum atomic E-state index is 11.9. The van der Waals surface area contributed by atoms with Crippen molar-refractivity contribution in [2.45, 2.75) is 18.6 Å². The van der Waals surface area contributed by atoms with Crippen molar-refractivity contribution in [2.75, 3.05) is 18.5 Å². The van der Waals surface area contributed by atoms with Crippen LogP contribution in [0.25, 0.3) is 0 Å². The van der Waals surface area contributed by atoms with Crippen LogP contribution < -0.4 is 10.6 Å². The molecule has 5 nitrogen and oxygen atoms in total. The number of aromatic nitrogens is 1. The molecule has 1 aliphatic rings. The Hall–Kier alpha value is -1.47. The van der Waals surface area contributed by atoms with Crippen LogP contribution in [0.15, 0.2) is 35.8 Å². The Morgan fingerprint density at radius 2 is 2.23 bits per heavy atom. The van der Waals surface area contributed by atoms with E-state index in [0.29, 0.717) is 16.8 Å². The van der Waals surface area contributed by atoms with Gasteiger partial charge >= 0.3 is 0 Å². The number of halogens is 1. The molecule has 1 aliphatic heterocycles. The highest BCUT2D eigenvalue weighted by Crippen LogP contribution is 2.29. The first-order chi connectivity index (χ1) is 10.7. The molecule has 1 fully saturated rings. The third kappa shape index (κ3) is 3.84. The molecule has 0 spiro atoms. The first-order valence-electron chi connectivity index (χ1n) is 7.02. The summed E-state index contributed by atoms with van der Waals surface area (Å²) < 4.78 is 5.78. The summed E-state index contributed by atoms with van der Waals surface area (Å²) in [4.78, 5) is 15.9. The molecule has 2 atom stereocenters. The Bertz CT molecular complexity index is 618. The molecule has 2 heterocycles. The SMILES string of the molecule is O=C(CNC1CCOC1c1ccc(Cl)cc1)Nc1nccs1. The zero-order valence-corrected chi connectivity index (χ0v) is 13.4. The van der Waals surface area contributed by atoms with E-state index in [0.717, 1.165) is 12.0 Å². The second-order valence-corrected chi connectivity index (χ2v) is 6.34. The predicted octanol–water partition coefficient (Wildman–Crippen LogP) is 2.85. The number of nitrogens with zero attached hydrogens (tertiary/aromatic N) is 1. The molecule has 1 aromatic heterocycles. The minimum atomic E-state index is -0.100. The van der Waals surface area contributed by atoms with Crippen LogP contribution in [0.1, 0.15) is 18.1 Å². The maximum Gasteiger partial charge on any atom is 0.240 e. The number of hydrogen-bond donors (Lipinski definition) is 2. The van der Waals surface area contributed by atoms with E-state index in [2.05, 4.69) is 15.6 Å². The van der Waals surface area contributed by atoms with Crippen molar-refractivity contribution in [2.24, 2.45) is 0 Å². The monoisotopic (exact) mass is 337 g/mol. The molecule has 2 aromatic rings. The molecule has 3 rings (SSSR count). The van der Waals surface area contributed by atoms with E-state index in [1.165, 1.54) is 11.3 Å². The van der Waals surface area contributed by atoms with Gasteiger partial charge in [0.2, 0.25) is 5.91 Å². The number of ether oxygens (including phenoxy) is 1. The lowest BCUT2D eigenvalue weighted by Crippen LogP contribution is -2.37. The van der Waals surface area contributed by atoms with Gasteiger partial charge in [-0.25, -0.2) is 4.98 Å². The molecule has 0 radical (unpaired) electrons. The summed E-state index contributed by atoms with van der Waals surface area (Å²) in [5.41, 5.74) is 1.07. The van der Waals surface area contributed by atoms with Crippen LogP contribution in [0.5, 0.6) is 0 Å². The molecule has 116 valence electrons. The van der Waals surface area contributed by atoms with Gasteiger partial charge in [-0.15, -0.1) is 11.3 Å². The van der Waals surface area contributed by atoms with Gasteiger partial charge in [0.05, 0.1) is 12.6 Å². The maximum absolute atomic E-state index is 11.9. The van der Waals surface area contributed by atoms with Crippen molar-refractivity contribution in [1.82, 2.24) is 10.3 Å². The fraction of sp³-hybridized carbons (Fsp3) is 0.333. The topological polar surface area (TPSA) is 63.2 Å². The highest BCUT2D eigenvalue weighted by Gasteiger charge is 2.29. The van der Waals surface area contributed by atoms with E-state index < -0.39 is 0 Å². The van der Waals surface area contributed by atoms with Gasteiger partial charge in [0, 0.05) is 29.2 Å². The van der Waals surface area contributed by atoms with Crippen molar-refractivity contribution in [3.05, 3.63) is 46.4 Å². The minimum absolute atomic E-state index is 0.0510. The predicted molar refractivity (Wildman–Crippen MR) is 87.3 cm³/mol. The number of carbonyl (C=O) groups is 1. The Labute approximate surface area is 137 Å². The third-order valence-electron chi connectivity index (χ3n) is 3.49. The molecule has 2 unspecified atom stereocenters. The Kier molecular flexibility index (Phi) is 5.04. The molecule has 0 aliphatic carbocycles. The van der Waals surface area contributed by atoms with Gasteiger partial charge in [-0.1, -0.05) is 23.7 Å². The minimum Gasteiger partial charge on any atom is -0.372 e. The van der Waals surface area contributed by atoms with E-state index >= 15 is 0 Å². The summed E-state index contributed by atoms with van der Waals surface area (Å²) >= 11 is 7.31. The molecule has 7 heteroatoms. The zero-order valence-electron chi connectivity index (χ0n) is 11.8. The first-order valence-corrected chi connectivity index (χ1v) is 8.28. The number of hydrogen-bond acceptors (Lipinski definition) is 5. The van der Waals surface area contributed by atoms with Crippen molar-refractivity contribution in [1.29, 1.82) is 0 Å². The van der Waals surface area contributed by atoms with Gasteiger partial charge in [0.1, 0.15) is 0 Å². The second kappa shape index (κ2) is 7.19. The lowest BCUT2D eigenvalue weighted by molar-refractivity contribution is -0.115. The lowest BCUT2D eigenvalue weighted by Gasteiger charge is -2.20. The van der Waals surface area contributed by atoms with Gasteiger partial charge in [0.25, 0.3) is 0 Å². The third-order valence-corrected chi connectivity index (χ3v) is 4.43. The summed E-state index contributed by atoms with van der Waals surface area (Å²) in [5.74, 6) is -0.100.